The molecule has 1 spiro atoms. The molecule has 0 atom stereocenters. The maximum absolute atomic E-state index is 10.8. The molecule has 2 aliphatic heterocycles. The largest absolute Gasteiger partial charge is 0.465 e. The number of hydrogen-bond donors (Lipinski definition) is 2. The SMILES string of the molecule is O=C(O)N[C@H]1CC[C@H](CN2CCC3(CCN(C4CCCCC4)CC3)C2)CC1. The van der Waals surface area contributed by atoms with E-state index in [1.807, 2.05) is 0 Å². The van der Waals surface area contributed by atoms with Crippen molar-refractivity contribution in [1.29, 1.82) is 0 Å². The molecular formula is C22H39N3O2. The van der Waals surface area contributed by atoms with E-state index in [9.17, 15) is 4.79 Å². The standard InChI is InChI=1S/C22H39N3O2/c26-21(27)23-19-8-6-18(7-9-19)16-24-13-10-22(17-24)11-14-25(15-12-22)20-4-2-1-3-5-20/h18-20,23H,1-17H2,(H,26,27)/t18-,19-. The van der Waals surface area contributed by atoms with E-state index in [0.29, 0.717) is 5.41 Å². The molecule has 4 rings (SSSR count). The zero-order valence-electron chi connectivity index (χ0n) is 17.0. The molecule has 5 nitrogen and oxygen atoms in total. The maximum atomic E-state index is 10.8. The van der Waals surface area contributed by atoms with Crippen LogP contribution in [-0.4, -0.2) is 65.8 Å². The number of carboxylic acid groups (broad SMARTS) is 1. The molecule has 4 fully saturated rings. The maximum Gasteiger partial charge on any atom is 0.404 e. The van der Waals surface area contributed by atoms with E-state index in [0.717, 1.165) is 24.8 Å². The Labute approximate surface area is 164 Å². The number of piperidine rings is 1. The highest BCUT2D eigenvalue weighted by Gasteiger charge is 2.42. The van der Waals surface area contributed by atoms with Gasteiger partial charge in [0.15, 0.2) is 0 Å². The van der Waals surface area contributed by atoms with E-state index in [2.05, 4.69) is 15.1 Å². The van der Waals surface area contributed by atoms with Crippen LogP contribution in [0.25, 0.3) is 0 Å². The van der Waals surface area contributed by atoms with Crippen molar-refractivity contribution in [2.75, 3.05) is 32.7 Å². The van der Waals surface area contributed by atoms with Crippen molar-refractivity contribution in [3.05, 3.63) is 0 Å². The number of amides is 1. The molecule has 0 bridgehead atoms. The Balaban J connectivity index is 1.19. The van der Waals surface area contributed by atoms with Crippen LogP contribution in [0.2, 0.25) is 0 Å². The van der Waals surface area contributed by atoms with Gasteiger partial charge in [0.1, 0.15) is 0 Å². The van der Waals surface area contributed by atoms with Gasteiger partial charge in [0.25, 0.3) is 0 Å². The first-order chi connectivity index (χ1) is 13.1. The van der Waals surface area contributed by atoms with Gasteiger partial charge in [-0.15, -0.1) is 0 Å². The first-order valence-electron chi connectivity index (χ1n) is 11.6. The summed E-state index contributed by atoms with van der Waals surface area (Å²) in [5, 5.41) is 11.6. The van der Waals surface area contributed by atoms with Crippen LogP contribution in [-0.2, 0) is 0 Å². The fourth-order valence-electron chi connectivity index (χ4n) is 6.43. The van der Waals surface area contributed by atoms with Gasteiger partial charge >= 0.3 is 6.09 Å². The second kappa shape index (κ2) is 8.69. The highest BCUT2D eigenvalue weighted by molar-refractivity contribution is 5.64. The van der Waals surface area contributed by atoms with Gasteiger partial charge in [-0.05, 0) is 88.8 Å². The van der Waals surface area contributed by atoms with Gasteiger partial charge in [-0.25, -0.2) is 4.79 Å². The molecule has 2 saturated heterocycles. The van der Waals surface area contributed by atoms with Gasteiger partial charge in [-0.3, -0.25) is 0 Å². The number of rotatable bonds is 4. The van der Waals surface area contributed by atoms with Crippen LogP contribution in [0.15, 0.2) is 0 Å². The molecule has 2 heterocycles. The first kappa shape index (κ1) is 19.5. The highest BCUT2D eigenvalue weighted by Crippen LogP contribution is 2.42. The van der Waals surface area contributed by atoms with Crippen LogP contribution in [0.5, 0.6) is 0 Å². The smallest absolute Gasteiger partial charge is 0.404 e. The third-order valence-electron chi connectivity index (χ3n) is 8.16. The minimum Gasteiger partial charge on any atom is -0.465 e. The number of likely N-dealkylation sites (tertiary alicyclic amines) is 2. The summed E-state index contributed by atoms with van der Waals surface area (Å²) >= 11 is 0. The quantitative estimate of drug-likeness (QED) is 0.779. The molecule has 27 heavy (non-hydrogen) atoms. The molecule has 2 saturated carbocycles. The molecular weight excluding hydrogens is 338 g/mol. The van der Waals surface area contributed by atoms with Crippen molar-refractivity contribution >= 4 is 6.09 Å². The predicted molar refractivity (Wildman–Crippen MR) is 108 cm³/mol. The zero-order valence-corrected chi connectivity index (χ0v) is 17.0. The van der Waals surface area contributed by atoms with Crippen LogP contribution < -0.4 is 5.32 Å². The van der Waals surface area contributed by atoms with Gasteiger partial charge < -0.3 is 20.2 Å². The number of carbonyl (C=O) groups is 1. The first-order valence-corrected chi connectivity index (χ1v) is 11.6. The lowest BCUT2D eigenvalue weighted by molar-refractivity contribution is 0.0602. The minimum absolute atomic E-state index is 0.188. The van der Waals surface area contributed by atoms with E-state index in [-0.39, 0.29) is 6.04 Å². The van der Waals surface area contributed by atoms with E-state index < -0.39 is 6.09 Å². The third kappa shape index (κ3) is 4.97. The number of nitrogens with zero attached hydrogens (tertiary/aromatic N) is 2. The molecule has 0 unspecified atom stereocenters. The van der Waals surface area contributed by atoms with Crippen molar-refractivity contribution in [3.63, 3.8) is 0 Å². The monoisotopic (exact) mass is 377 g/mol. The lowest BCUT2D eigenvalue weighted by atomic mass is 9.77. The molecule has 1 amide bonds. The van der Waals surface area contributed by atoms with Crippen molar-refractivity contribution in [1.82, 2.24) is 15.1 Å². The van der Waals surface area contributed by atoms with Crippen LogP contribution in [0.1, 0.15) is 77.0 Å². The van der Waals surface area contributed by atoms with Gasteiger partial charge in [0, 0.05) is 25.2 Å². The van der Waals surface area contributed by atoms with E-state index in [4.69, 9.17) is 5.11 Å². The average Bonchev–Trinajstić information content (AvgIpc) is 3.06. The second-order valence-electron chi connectivity index (χ2n) is 9.98. The molecule has 0 aromatic rings. The summed E-state index contributed by atoms with van der Waals surface area (Å²) in [6.07, 6.45) is 15.0. The van der Waals surface area contributed by atoms with Crippen LogP contribution in [0, 0.1) is 11.3 Å². The Morgan fingerprint density at radius 1 is 0.926 bits per heavy atom. The second-order valence-corrected chi connectivity index (χ2v) is 9.98. The fourth-order valence-corrected chi connectivity index (χ4v) is 6.43. The Morgan fingerprint density at radius 3 is 2.26 bits per heavy atom. The van der Waals surface area contributed by atoms with E-state index in [1.165, 1.54) is 96.9 Å². The fraction of sp³-hybridized carbons (Fsp3) is 0.955. The van der Waals surface area contributed by atoms with Gasteiger partial charge in [-0.2, -0.15) is 0 Å². The van der Waals surface area contributed by atoms with Crippen molar-refractivity contribution in [2.45, 2.75) is 89.1 Å². The summed E-state index contributed by atoms with van der Waals surface area (Å²) in [5.74, 6) is 0.773. The third-order valence-corrected chi connectivity index (χ3v) is 8.16. The van der Waals surface area contributed by atoms with Gasteiger partial charge in [0.2, 0.25) is 0 Å². The van der Waals surface area contributed by atoms with Gasteiger partial charge in [-0.1, -0.05) is 19.3 Å². The molecule has 4 aliphatic rings. The van der Waals surface area contributed by atoms with Crippen molar-refractivity contribution < 1.29 is 9.90 Å². The lowest BCUT2D eigenvalue weighted by Crippen LogP contribution is -2.47. The summed E-state index contributed by atoms with van der Waals surface area (Å²) < 4.78 is 0. The topological polar surface area (TPSA) is 55.8 Å². The molecule has 5 heteroatoms. The zero-order chi connectivity index (χ0) is 18.7. The summed E-state index contributed by atoms with van der Waals surface area (Å²) in [7, 11) is 0. The molecule has 0 radical (unpaired) electrons. The predicted octanol–water partition coefficient (Wildman–Crippen LogP) is 3.93. The summed E-state index contributed by atoms with van der Waals surface area (Å²) in [5.41, 5.74) is 0.604. The number of nitrogens with one attached hydrogen (secondary N) is 1. The minimum atomic E-state index is -0.862. The molecule has 0 aromatic carbocycles. The lowest BCUT2D eigenvalue weighted by Gasteiger charge is -2.44. The van der Waals surface area contributed by atoms with E-state index in [1.54, 1.807) is 0 Å². The molecule has 2 aliphatic carbocycles. The van der Waals surface area contributed by atoms with Gasteiger partial charge in [0.05, 0.1) is 0 Å². The summed E-state index contributed by atoms with van der Waals surface area (Å²) in [6.45, 7) is 6.53. The Hall–Kier alpha value is -0.810. The molecule has 0 aromatic heterocycles. The van der Waals surface area contributed by atoms with Crippen LogP contribution in [0.4, 0.5) is 4.79 Å². The summed E-state index contributed by atoms with van der Waals surface area (Å²) in [4.78, 5) is 16.4. The Bertz CT molecular complexity index is 490. The van der Waals surface area contributed by atoms with Crippen LogP contribution in [0.3, 0.4) is 0 Å². The Kier molecular flexibility index (Phi) is 6.28. The Morgan fingerprint density at radius 2 is 1.59 bits per heavy atom. The van der Waals surface area contributed by atoms with Crippen molar-refractivity contribution in [3.8, 4) is 0 Å². The summed E-state index contributed by atoms with van der Waals surface area (Å²) in [6, 6.07) is 1.08. The number of hydrogen-bond acceptors (Lipinski definition) is 3. The van der Waals surface area contributed by atoms with Crippen molar-refractivity contribution in [2.24, 2.45) is 11.3 Å². The van der Waals surface area contributed by atoms with Crippen LogP contribution >= 0.6 is 0 Å². The average molecular weight is 378 g/mol. The van der Waals surface area contributed by atoms with E-state index >= 15 is 0 Å². The molecule has 2 N–H and O–H groups in total. The highest BCUT2D eigenvalue weighted by atomic mass is 16.4. The normalized spacial score (nSPS) is 33.3. The molecule has 154 valence electrons.